The number of ether oxygens (including phenoxy) is 1. The van der Waals surface area contributed by atoms with Gasteiger partial charge in [-0.3, -0.25) is 4.79 Å². The van der Waals surface area contributed by atoms with Crippen molar-refractivity contribution < 1.29 is 19.0 Å². The van der Waals surface area contributed by atoms with E-state index in [1.54, 1.807) is 16.7 Å². The summed E-state index contributed by atoms with van der Waals surface area (Å²) in [7, 11) is 0. The summed E-state index contributed by atoms with van der Waals surface area (Å²) in [5, 5.41) is 7.21. The first-order valence-electron chi connectivity index (χ1n) is 6.84. The zero-order valence-corrected chi connectivity index (χ0v) is 12.8. The Labute approximate surface area is 123 Å². The van der Waals surface area contributed by atoms with Crippen LogP contribution in [0.1, 0.15) is 37.0 Å². The molecule has 2 rings (SSSR count). The Kier molecular flexibility index (Phi) is 4.15. The highest BCUT2D eigenvalue weighted by Crippen LogP contribution is 2.13. The van der Waals surface area contributed by atoms with E-state index in [9.17, 15) is 9.59 Å². The average Bonchev–Trinajstić information content (AvgIpc) is 2.82. The van der Waals surface area contributed by atoms with Gasteiger partial charge in [0.2, 0.25) is 0 Å². The van der Waals surface area contributed by atoms with E-state index >= 15 is 0 Å². The molecule has 2 heterocycles. The molecule has 1 aromatic rings. The average molecular weight is 296 g/mol. The van der Waals surface area contributed by atoms with Crippen LogP contribution in [0.15, 0.2) is 4.63 Å². The minimum atomic E-state index is -0.520. The first-order valence-corrected chi connectivity index (χ1v) is 6.84. The lowest BCUT2D eigenvalue weighted by Crippen LogP contribution is -2.51. The molecule has 116 valence electrons. The quantitative estimate of drug-likeness (QED) is 0.770. The van der Waals surface area contributed by atoms with Crippen molar-refractivity contribution in [2.24, 2.45) is 0 Å². The molecule has 0 N–H and O–H groups in total. The predicted molar refractivity (Wildman–Crippen MR) is 72.7 cm³/mol. The largest absolute Gasteiger partial charge is 0.444 e. The maximum absolute atomic E-state index is 12.2. The predicted octanol–water partition coefficient (Wildman–Crippen LogP) is 1.07. The Balaban J connectivity index is 1.90. The van der Waals surface area contributed by atoms with Crippen molar-refractivity contribution in [1.29, 1.82) is 0 Å². The number of rotatable bonds is 1. The molecule has 8 heteroatoms. The van der Waals surface area contributed by atoms with E-state index in [4.69, 9.17) is 4.74 Å². The molecule has 0 unspecified atom stereocenters. The van der Waals surface area contributed by atoms with Gasteiger partial charge in [0.15, 0.2) is 5.69 Å². The second-order valence-corrected chi connectivity index (χ2v) is 5.96. The molecule has 1 aliphatic rings. The first-order chi connectivity index (χ1) is 9.78. The summed E-state index contributed by atoms with van der Waals surface area (Å²) < 4.78 is 9.85. The van der Waals surface area contributed by atoms with Gasteiger partial charge in [0.1, 0.15) is 11.3 Å². The van der Waals surface area contributed by atoms with Crippen LogP contribution in [0, 0.1) is 6.92 Å². The van der Waals surface area contributed by atoms with Gasteiger partial charge in [0.25, 0.3) is 5.91 Å². The van der Waals surface area contributed by atoms with Crippen molar-refractivity contribution in [2.75, 3.05) is 26.2 Å². The molecule has 0 spiro atoms. The van der Waals surface area contributed by atoms with Crippen molar-refractivity contribution in [3.05, 3.63) is 11.4 Å². The second-order valence-electron chi connectivity index (χ2n) is 5.96. The van der Waals surface area contributed by atoms with Crippen molar-refractivity contribution in [2.45, 2.75) is 33.3 Å². The van der Waals surface area contributed by atoms with Gasteiger partial charge in [0.05, 0.1) is 0 Å². The van der Waals surface area contributed by atoms with Gasteiger partial charge in [-0.05, 0) is 32.9 Å². The van der Waals surface area contributed by atoms with Crippen molar-refractivity contribution >= 4 is 12.0 Å². The lowest BCUT2D eigenvalue weighted by Gasteiger charge is -2.35. The molecule has 0 bridgehead atoms. The Hall–Kier alpha value is -2.12. The molecular formula is C13H20N4O4. The number of hydrogen-bond acceptors (Lipinski definition) is 6. The highest BCUT2D eigenvalue weighted by Gasteiger charge is 2.29. The van der Waals surface area contributed by atoms with Crippen molar-refractivity contribution in [1.82, 2.24) is 20.1 Å². The van der Waals surface area contributed by atoms with E-state index in [0.29, 0.717) is 31.9 Å². The SMILES string of the molecule is Cc1nonc1C(=O)N1CCN(C(=O)OC(C)(C)C)CC1. The highest BCUT2D eigenvalue weighted by molar-refractivity contribution is 5.93. The van der Waals surface area contributed by atoms with E-state index in [0.717, 1.165) is 0 Å². The molecule has 0 atom stereocenters. The monoisotopic (exact) mass is 296 g/mol. The normalized spacial score (nSPS) is 16.0. The third-order valence-electron chi connectivity index (χ3n) is 3.07. The number of amides is 2. The lowest BCUT2D eigenvalue weighted by atomic mass is 10.2. The number of aryl methyl sites for hydroxylation is 1. The van der Waals surface area contributed by atoms with Gasteiger partial charge in [-0.15, -0.1) is 0 Å². The Morgan fingerprint density at radius 1 is 1.10 bits per heavy atom. The van der Waals surface area contributed by atoms with Crippen LogP contribution in [0.5, 0.6) is 0 Å². The Morgan fingerprint density at radius 3 is 2.14 bits per heavy atom. The summed E-state index contributed by atoms with van der Waals surface area (Å²) in [5.41, 5.74) is 0.170. The summed E-state index contributed by atoms with van der Waals surface area (Å²) >= 11 is 0. The number of aromatic nitrogens is 2. The number of hydrogen-bond donors (Lipinski definition) is 0. The fourth-order valence-corrected chi connectivity index (χ4v) is 1.99. The molecule has 1 aromatic heterocycles. The molecule has 8 nitrogen and oxygen atoms in total. The van der Waals surface area contributed by atoms with Crippen LogP contribution in [0.3, 0.4) is 0 Å². The van der Waals surface area contributed by atoms with Crippen molar-refractivity contribution in [3.63, 3.8) is 0 Å². The molecule has 21 heavy (non-hydrogen) atoms. The van der Waals surface area contributed by atoms with Crippen LogP contribution in [-0.4, -0.2) is 63.9 Å². The van der Waals surface area contributed by atoms with Gasteiger partial charge >= 0.3 is 6.09 Å². The maximum atomic E-state index is 12.2. The van der Waals surface area contributed by atoms with E-state index < -0.39 is 5.60 Å². The van der Waals surface area contributed by atoms with Gasteiger partial charge in [-0.2, -0.15) is 0 Å². The molecular weight excluding hydrogens is 276 g/mol. The second kappa shape index (κ2) is 5.71. The minimum absolute atomic E-state index is 0.223. The smallest absolute Gasteiger partial charge is 0.410 e. The molecule has 2 amide bonds. The Morgan fingerprint density at radius 2 is 1.67 bits per heavy atom. The van der Waals surface area contributed by atoms with Gasteiger partial charge in [-0.1, -0.05) is 5.16 Å². The topological polar surface area (TPSA) is 88.8 Å². The minimum Gasteiger partial charge on any atom is -0.444 e. The molecule has 0 aliphatic carbocycles. The molecule has 1 aliphatic heterocycles. The number of nitrogens with zero attached hydrogens (tertiary/aromatic N) is 4. The summed E-state index contributed by atoms with van der Waals surface area (Å²) in [5.74, 6) is -0.224. The third-order valence-corrected chi connectivity index (χ3v) is 3.07. The van der Waals surface area contributed by atoms with Crippen LogP contribution in [-0.2, 0) is 4.74 Å². The van der Waals surface area contributed by atoms with E-state index in [1.165, 1.54) is 0 Å². The van der Waals surface area contributed by atoms with Gasteiger partial charge < -0.3 is 14.5 Å². The summed E-state index contributed by atoms with van der Waals surface area (Å²) in [6, 6.07) is 0. The van der Waals surface area contributed by atoms with Crippen LogP contribution in [0.25, 0.3) is 0 Å². The van der Waals surface area contributed by atoms with Crippen LogP contribution >= 0.6 is 0 Å². The van der Waals surface area contributed by atoms with Crippen molar-refractivity contribution in [3.8, 4) is 0 Å². The van der Waals surface area contributed by atoms with Crippen LogP contribution < -0.4 is 0 Å². The number of carbonyl (C=O) groups is 2. The van der Waals surface area contributed by atoms with Crippen LogP contribution in [0.2, 0.25) is 0 Å². The van der Waals surface area contributed by atoms with Gasteiger partial charge in [-0.25, -0.2) is 9.42 Å². The molecule has 1 fully saturated rings. The highest BCUT2D eigenvalue weighted by atomic mass is 16.6. The molecule has 0 saturated carbocycles. The van der Waals surface area contributed by atoms with E-state index in [1.807, 2.05) is 20.8 Å². The van der Waals surface area contributed by atoms with E-state index in [-0.39, 0.29) is 17.7 Å². The fraction of sp³-hybridized carbons (Fsp3) is 0.692. The molecule has 0 aromatic carbocycles. The molecule has 1 saturated heterocycles. The fourth-order valence-electron chi connectivity index (χ4n) is 1.99. The number of carbonyl (C=O) groups excluding carboxylic acids is 2. The summed E-state index contributed by atoms with van der Waals surface area (Å²) in [6.07, 6.45) is -0.353. The van der Waals surface area contributed by atoms with Crippen LogP contribution in [0.4, 0.5) is 4.79 Å². The lowest BCUT2D eigenvalue weighted by molar-refractivity contribution is 0.0139. The maximum Gasteiger partial charge on any atom is 0.410 e. The molecule has 0 radical (unpaired) electrons. The zero-order valence-electron chi connectivity index (χ0n) is 12.8. The van der Waals surface area contributed by atoms with E-state index in [2.05, 4.69) is 14.9 Å². The first kappa shape index (κ1) is 15.3. The van der Waals surface area contributed by atoms with Gasteiger partial charge in [0, 0.05) is 26.2 Å². The summed E-state index contributed by atoms with van der Waals surface area (Å²) in [6.45, 7) is 8.88. The number of piperazine rings is 1. The third kappa shape index (κ3) is 3.71. The Bertz CT molecular complexity index is 527. The standard InChI is InChI=1S/C13H20N4O4/c1-9-10(15-21-14-9)11(18)16-5-7-17(8-6-16)12(19)20-13(2,3)4/h5-8H2,1-4H3. The zero-order chi connectivity index (χ0) is 15.6. The summed E-state index contributed by atoms with van der Waals surface area (Å²) in [4.78, 5) is 27.4.